The second kappa shape index (κ2) is 9.73. The van der Waals surface area contributed by atoms with Crippen molar-refractivity contribution in [2.75, 3.05) is 0 Å². The van der Waals surface area contributed by atoms with Gasteiger partial charge in [-0.05, 0) is 35.0 Å². The number of aromatic nitrogens is 2. The molecule has 0 spiro atoms. The topological polar surface area (TPSA) is 113 Å². The average molecular weight is 558 g/mol. The SMILES string of the molecule is CC(=NC(C#N)=C(N)C#N)c1nn(-c2c(Cl)cc(C(F)(F)F)cc2Cl)c(Br)c1OC(F)F. The standard InChI is InChI=1S/C17H8BrCl2F5N6O/c1-6(29-11(5-27)10(28)4-26)12-14(32-16(21)22)15(18)31(30-12)13-8(19)2-7(3-9(13)20)17(23,24)25/h2-3,16H,28H2,1H3. The molecule has 0 aliphatic rings. The van der Waals surface area contributed by atoms with Gasteiger partial charge in [-0.25, -0.2) is 9.67 Å². The van der Waals surface area contributed by atoms with E-state index in [-0.39, 0.29) is 21.7 Å². The number of ether oxygens (including phenoxy) is 1. The zero-order chi connectivity index (χ0) is 24.4. The van der Waals surface area contributed by atoms with Crippen molar-refractivity contribution in [1.82, 2.24) is 9.78 Å². The van der Waals surface area contributed by atoms with Gasteiger partial charge in [-0.3, -0.25) is 0 Å². The third-order valence-electron chi connectivity index (χ3n) is 3.66. The molecule has 0 saturated heterocycles. The molecular weight excluding hydrogens is 550 g/mol. The van der Waals surface area contributed by atoms with Crippen LogP contribution in [0.5, 0.6) is 5.75 Å². The van der Waals surface area contributed by atoms with Gasteiger partial charge in [0.15, 0.2) is 21.7 Å². The highest BCUT2D eigenvalue weighted by Crippen LogP contribution is 2.41. The highest BCUT2D eigenvalue weighted by atomic mass is 79.9. The van der Waals surface area contributed by atoms with Gasteiger partial charge in [0, 0.05) is 0 Å². The summed E-state index contributed by atoms with van der Waals surface area (Å²) in [5.41, 5.74) is 2.33. The van der Waals surface area contributed by atoms with Gasteiger partial charge in [0.25, 0.3) is 0 Å². The Morgan fingerprint density at radius 1 is 1.25 bits per heavy atom. The second-order valence-electron chi connectivity index (χ2n) is 5.73. The number of alkyl halides is 5. The molecule has 2 aromatic rings. The quantitative estimate of drug-likeness (QED) is 0.292. The van der Waals surface area contributed by atoms with Gasteiger partial charge in [-0.2, -0.15) is 37.6 Å². The van der Waals surface area contributed by atoms with Crippen LogP contribution in [0, 0.1) is 22.7 Å². The summed E-state index contributed by atoms with van der Waals surface area (Å²) in [6.45, 7) is -2.08. The van der Waals surface area contributed by atoms with Gasteiger partial charge in [0.2, 0.25) is 0 Å². The van der Waals surface area contributed by atoms with Crippen molar-refractivity contribution in [3.05, 3.63) is 49.4 Å². The first-order valence-electron chi connectivity index (χ1n) is 7.97. The maximum atomic E-state index is 13.0. The summed E-state index contributed by atoms with van der Waals surface area (Å²) in [6, 6.07) is 4.23. The van der Waals surface area contributed by atoms with Gasteiger partial charge in [-0.15, -0.1) is 0 Å². The van der Waals surface area contributed by atoms with Gasteiger partial charge >= 0.3 is 12.8 Å². The molecule has 168 valence electrons. The van der Waals surface area contributed by atoms with Crippen LogP contribution in [-0.2, 0) is 6.18 Å². The van der Waals surface area contributed by atoms with Crippen molar-refractivity contribution >= 4 is 44.8 Å². The molecule has 32 heavy (non-hydrogen) atoms. The Kier molecular flexibility index (Phi) is 7.72. The Bertz CT molecular complexity index is 1190. The van der Waals surface area contributed by atoms with Crippen LogP contribution >= 0.6 is 39.1 Å². The van der Waals surface area contributed by atoms with Gasteiger partial charge in [-0.1, -0.05) is 23.2 Å². The second-order valence-corrected chi connectivity index (χ2v) is 7.29. The minimum atomic E-state index is -4.74. The molecule has 0 saturated carbocycles. The zero-order valence-corrected chi connectivity index (χ0v) is 18.6. The fraction of sp³-hybridized carbons (Fsp3) is 0.176. The molecular formula is C17H8BrCl2F5N6O. The van der Waals surface area contributed by atoms with E-state index >= 15 is 0 Å². The normalized spacial score (nSPS) is 12.9. The van der Waals surface area contributed by atoms with E-state index in [4.69, 9.17) is 39.5 Å². The fourth-order valence-corrected chi connectivity index (χ4v) is 3.50. The van der Waals surface area contributed by atoms with E-state index in [2.05, 4.69) is 30.8 Å². The van der Waals surface area contributed by atoms with Gasteiger partial charge in [0.1, 0.15) is 23.5 Å². The number of hydrogen-bond donors (Lipinski definition) is 1. The third kappa shape index (κ3) is 5.30. The Morgan fingerprint density at radius 3 is 2.25 bits per heavy atom. The maximum Gasteiger partial charge on any atom is 0.416 e. The van der Waals surface area contributed by atoms with E-state index in [9.17, 15) is 22.0 Å². The van der Waals surface area contributed by atoms with Crippen LogP contribution in [0.25, 0.3) is 5.69 Å². The molecule has 1 aromatic carbocycles. The fourth-order valence-electron chi connectivity index (χ4n) is 2.31. The molecule has 0 radical (unpaired) electrons. The summed E-state index contributed by atoms with van der Waals surface area (Å²) in [7, 11) is 0. The molecule has 15 heteroatoms. The van der Waals surface area contributed by atoms with Crippen LogP contribution in [-0.4, -0.2) is 22.1 Å². The van der Waals surface area contributed by atoms with E-state index in [0.717, 1.165) is 4.68 Å². The molecule has 0 bridgehead atoms. The van der Waals surface area contributed by atoms with Crippen LogP contribution < -0.4 is 10.5 Å². The molecule has 1 aromatic heterocycles. The van der Waals surface area contributed by atoms with Crippen LogP contribution in [0.2, 0.25) is 10.0 Å². The summed E-state index contributed by atoms with van der Waals surface area (Å²) >= 11 is 14.9. The predicted molar refractivity (Wildman–Crippen MR) is 108 cm³/mol. The lowest BCUT2D eigenvalue weighted by molar-refractivity contribution is -0.137. The number of aliphatic imine (C=N–C) groups is 1. The van der Waals surface area contributed by atoms with Crippen molar-refractivity contribution in [3.63, 3.8) is 0 Å². The van der Waals surface area contributed by atoms with Crippen LogP contribution in [0.4, 0.5) is 22.0 Å². The Hall–Kier alpha value is -2.87. The molecule has 0 fully saturated rings. The van der Waals surface area contributed by atoms with Crippen molar-refractivity contribution in [3.8, 4) is 23.6 Å². The van der Waals surface area contributed by atoms with Gasteiger partial charge in [0.05, 0.1) is 21.3 Å². The molecule has 2 N–H and O–H groups in total. The van der Waals surface area contributed by atoms with E-state index in [1.165, 1.54) is 13.0 Å². The first-order valence-corrected chi connectivity index (χ1v) is 9.52. The summed E-state index contributed by atoms with van der Waals surface area (Å²) in [5, 5.41) is 20.9. The monoisotopic (exact) mass is 556 g/mol. The van der Waals surface area contributed by atoms with Crippen molar-refractivity contribution in [2.45, 2.75) is 19.7 Å². The number of hydrogen-bond acceptors (Lipinski definition) is 6. The van der Waals surface area contributed by atoms with Crippen molar-refractivity contribution in [2.24, 2.45) is 10.7 Å². The van der Waals surface area contributed by atoms with Crippen LogP contribution in [0.15, 0.2) is 33.1 Å². The number of halogens is 8. The summed E-state index contributed by atoms with van der Waals surface area (Å²) in [5.74, 6) is -0.582. The zero-order valence-electron chi connectivity index (χ0n) is 15.5. The maximum absolute atomic E-state index is 13.0. The molecule has 7 nitrogen and oxygen atoms in total. The first kappa shape index (κ1) is 25.4. The Labute approximate surface area is 195 Å². The lowest BCUT2D eigenvalue weighted by Gasteiger charge is -2.13. The lowest BCUT2D eigenvalue weighted by atomic mass is 10.2. The van der Waals surface area contributed by atoms with E-state index in [1.54, 1.807) is 6.07 Å². The van der Waals surface area contributed by atoms with Gasteiger partial charge < -0.3 is 10.5 Å². The summed E-state index contributed by atoms with van der Waals surface area (Å²) in [6.07, 6.45) is -4.74. The Morgan fingerprint density at radius 2 is 1.81 bits per heavy atom. The number of benzene rings is 1. The molecule has 0 aliphatic heterocycles. The minimum absolute atomic E-state index is 0.186. The van der Waals surface area contributed by atoms with Crippen LogP contribution in [0.3, 0.4) is 0 Å². The molecule has 0 aliphatic carbocycles. The summed E-state index contributed by atoms with van der Waals surface area (Å²) < 4.78 is 69.9. The largest absolute Gasteiger partial charge is 0.429 e. The van der Waals surface area contributed by atoms with Crippen molar-refractivity contribution in [1.29, 1.82) is 10.5 Å². The summed E-state index contributed by atoms with van der Waals surface area (Å²) in [4.78, 5) is 3.79. The predicted octanol–water partition coefficient (Wildman–Crippen LogP) is 5.59. The molecule has 2 rings (SSSR count). The van der Waals surface area contributed by atoms with Crippen molar-refractivity contribution < 1.29 is 26.7 Å². The molecule has 0 atom stereocenters. The molecule has 0 unspecified atom stereocenters. The highest BCUT2D eigenvalue weighted by Gasteiger charge is 2.33. The number of allylic oxidation sites excluding steroid dienone is 2. The van der Waals surface area contributed by atoms with Crippen LogP contribution in [0.1, 0.15) is 18.2 Å². The molecule has 1 heterocycles. The number of nitriles is 2. The van der Waals surface area contributed by atoms with E-state index < -0.39 is 45.5 Å². The molecule has 0 amide bonds. The van der Waals surface area contributed by atoms with E-state index in [0.29, 0.717) is 12.1 Å². The smallest absolute Gasteiger partial charge is 0.416 e. The minimum Gasteiger partial charge on any atom is -0.429 e. The third-order valence-corrected chi connectivity index (χ3v) is 4.93. The number of nitrogens with two attached hydrogens (primary N) is 1. The highest BCUT2D eigenvalue weighted by molar-refractivity contribution is 9.10. The number of nitrogens with zero attached hydrogens (tertiary/aromatic N) is 5. The lowest BCUT2D eigenvalue weighted by Crippen LogP contribution is -2.08. The Balaban J connectivity index is 2.79. The number of rotatable bonds is 5. The average Bonchev–Trinajstić information content (AvgIpc) is 3.00. The van der Waals surface area contributed by atoms with E-state index in [1.807, 2.05) is 0 Å². The first-order chi connectivity index (χ1) is 14.8.